The summed E-state index contributed by atoms with van der Waals surface area (Å²) in [6, 6.07) is 13.5. The normalized spacial score (nSPS) is 15.9. The molecular formula is C35H46N10O4. The van der Waals surface area contributed by atoms with Crippen LogP contribution in [0.4, 0.5) is 10.6 Å². The molecule has 260 valence electrons. The predicted octanol–water partition coefficient (Wildman–Crippen LogP) is 5.57. The Morgan fingerprint density at radius 2 is 1.84 bits per heavy atom. The summed E-state index contributed by atoms with van der Waals surface area (Å²) >= 11 is 0. The minimum atomic E-state index is -0.292. The molecule has 2 amide bonds. The molecule has 5 aromatic rings. The van der Waals surface area contributed by atoms with Crippen LogP contribution in [0.25, 0.3) is 11.3 Å². The van der Waals surface area contributed by atoms with E-state index in [2.05, 4.69) is 77.6 Å². The van der Waals surface area contributed by atoms with E-state index in [1.54, 1.807) is 10.9 Å². The van der Waals surface area contributed by atoms with E-state index in [4.69, 9.17) is 19.7 Å². The van der Waals surface area contributed by atoms with Crippen LogP contribution in [0.1, 0.15) is 88.2 Å². The van der Waals surface area contributed by atoms with Gasteiger partial charge in [0.2, 0.25) is 0 Å². The Kier molecular flexibility index (Phi) is 10.7. The molecule has 6 rings (SSSR count). The fraction of sp³-hybridized carbons (Fsp3) is 0.429. The molecule has 2 atom stereocenters. The van der Waals surface area contributed by atoms with Crippen molar-refractivity contribution in [3.05, 3.63) is 83.7 Å². The van der Waals surface area contributed by atoms with Crippen LogP contribution in [0.2, 0.25) is 0 Å². The number of hydrogen-bond acceptors (Lipinski definition) is 8. The average Bonchev–Trinajstić information content (AvgIpc) is 3.80. The van der Waals surface area contributed by atoms with Crippen LogP contribution in [-0.2, 0) is 16.8 Å². The molecule has 0 bridgehead atoms. The highest BCUT2D eigenvalue weighted by molar-refractivity contribution is 5.89. The SMILES string of the molecule is CC(C)c1nnc2ccc(OC3CCC(NC(=O)Nc4cc(C(C)(C)C)nn4-c4cnn(CCN(C)C)c4)c4ccccc43)cn12.O=CO. The topological polar surface area (TPSA) is 157 Å². The van der Waals surface area contributed by atoms with Gasteiger partial charge in [0.05, 0.1) is 36.9 Å². The first-order valence-corrected chi connectivity index (χ1v) is 16.4. The Bertz CT molecular complexity index is 1880. The third kappa shape index (κ3) is 8.26. The molecule has 0 fully saturated rings. The van der Waals surface area contributed by atoms with Crippen molar-refractivity contribution in [3.8, 4) is 11.4 Å². The summed E-state index contributed by atoms with van der Waals surface area (Å²) in [6.45, 7) is 11.9. The summed E-state index contributed by atoms with van der Waals surface area (Å²) in [6.07, 6.45) is 7.03. The van der Waals surface area contributed by atoms with Gasteiger partial charge in [0.15, 0.2) is 5.65 Å². The molecule has 3 N–H and O–H groups in total. The molecule has 4 heterocycles. The first-order valence-electron chi connectivity index (χ1n) is 16.4. The molecule has 1 aromatic carbocycles. The Morgan fingerprint density at radius 1 is 1.10 bits per heavy atom. The van der Waals surface area contributed by atoms with Gasteiger partial charge in [-0.25, -0.2) is 9.48 Å². The summed E-state index contributed by atoms with van der Waals surface area (Å²) < 4.78 is 12.2. The quantitative estimate of drug-likeness (QED) is 0.171. The zero-order valence-corrected chi connectivity index (χ0v) is 29.2. The Morgan fingerprint density at radius 3 is 2.53 bits per heavy atom. The second-order valence-electron chi connectivity index (χ2n) is 13.7. The van der Waals surface area contributed by atoms with Crippen molar-refractivity contribution >= 4 is 24.0 Å². The minimum Gasteiger partial charge on any atom is -0.484 e. The minimum absolute atomic E-state index is 0.145. The largest absolute Gasteiger partial charge is 0.484 e. The zero-order chi connectivity index (χ0) is 35.3. The van der Waals surface area contributed by atoms with Gasteiger partial charge in [-0.3, -0.25) is 19.2 Å². The van der Waals surface area contributed by atoms with Crippen molar-refractivity contribution in [1.82, 2.24) is 44.4 Å². The summed E-state index contributed by atoms with van der Waals surface area (Å²) in [7, 11) is 4.07. The Labute approximate surface area is 286 Å². The number of aromatic nitrogens is 7. The molecule has 0 radical (unpaired) electrons. The fourth-order valence-electron chi connectivity index (χ4n) is 5.77. The van der Waals surface area contributed by atoms with E-state index in [0.29, 0.717) is 5.82 Å². The smallest absolute Gasteiger partial charge is 0.320 e. The lowest BCUT2D eigenvalue weighted by Gasteiger charge is -2.32. The monoisotopic (exact) mass is 670 g/mol. The van der Waals surface area contributed by atoms with Crippen molar-refractivity contribution in [2.75, 3.05) is 26.0 Å². The number of pyridine rings is 1. The van der Waals surface area contributed by atoms with Crippen molar-refractivity contribution in [1.29, 1.82) is 0 Å². The van der Waals surface area contributed by atoms with E-state index < -0.39 is 0 Å². The van der Waals surface area contributed by atoms with Crippen LogP contribution >= 0.6 is 0 Å². The van der Waals surface area contributed by atoms with Crippen molar-refractivity contribution in [3.63, 3.8) is 0 Å². The standard InChI is InChI=1S/C34H44N10O2.CH2O2/c1-22(2)32-39-38-30-15-12-24(21-43(30)32)46-28-14-13-27(25-10-8-9-11-26(25)28)36-33(45)37-31-18-29(34(3,4)5)40-44(31)23-19-35-42(20-23)17-16-41(6)7;2-1-3/h8-12,15,18-22,27-28H,13-14,16-17H2,1-7H3,(H2,36,37,45);1H,(H,2,3). The number of nitrogens with one attached hydrogen (secondary N) is 2. The highest BCUT2D eigenvalue weighted by Gasteiger charge is 2.30. The highest BCUT2D eigenvalue weighted by atomic mass is 16.5. The molecule has 1 aliphatic rings. The maximum absolute atomic E-state index is 13.5. The summed E-state index contributed by atoms with van der Waals surface area (Å²) in [4.78, 5) is 24.0. The maximum Gasteiger partial charge on any atom is 0.320 e. The number of likely N-dealkylation sites (N-methyl/N-ethyl adjacent to an activating group) is 1. The number of fused-ring (bicyclic) bond motifs is 2. The van der Waals surface area contributed by atoms with E-state index in [1.807, 2.05) is 65.9 Å². The third-order valence-electron chi connectivity index (χ3n) is 8.30. The molecule has 1 aliphatic carbocycles. The Balaban J connectivity index is 0.00000151. The number of benzene rings is 1. The van der Waals surface area contributed by atoms with E-state index in [9.17, 15) is 4.79 Å². The van der Waals surface area contributed by atoms with Gasteiger partial charge in [-0.2, -0.15) is 10.2 Å². The number of ether oxygens (including phenoxy) is 1. The average molecular weight is 671 g/mol. The number of anilines is 1. The van der Waals surface area contributed by atoms with E-state index in [0.717, 1.165) is 65.7 Å². The molecule has 14 heteroatoms. The lowest BCUT2D eigenvalue weighted by molar-refractivity contribution is -0.122. The van der Waals surface area contributed by atoms with Crippen molar-refractivity contribution < 1.29 is 19.4 Å². The number of urea groups is 1. The molecule has 0 aliphatic heterocycles. The predicted molar refractivity (Wildman–Crippen MR) is 186 cm³/mol. The molecule has 2 unspecified atom stereocenters. The lowest BCUT2D eigenvalue weighted by atomic mass is 9.85. The van der Waals surface area contributed by atoms with Crippen LogP contribution in [0.5, 0.6) is 5.75 Å². The van der Waals surface area contributed by atoms with Crippen molar-refractivity contribution in [2.45, 2.75) is 77.5 Å². The van der Waals surface area contributed by atoms with Gasteiger partial charge in [0, 0.05) is 23.9 Å². The molecule has 4 aromatic heterocycles. The van der Waals surface area contributed by atoms with Gasteiger partial charge in [0.25, 0.3) is 6.47 Å². The third-order valence-corrected chi connectivity index (χ3v) is 8.30. The van der Waals surface area contributed by atoms with Gasteiger partial charge in [0.1, 0.15) is 29.2 Å². The van der Waals surface area contributed by atoms with Crippen LogP contribution in [0.15, 0.2) is 61.1 Å². The van der Waals surface area contributed by atoms with Gasteiger partial charge in [-0.05, 0) is 50.2 Å². The number of rotatable bonds is 9. The maximum atomic E-state index is 13.5. The van der Waals surface area contributed by atoms with Crippen LogP contribution in [0, 0.1) is 0 Å². The number of hydrogen-bond donors (Lipinski definition) is 3. The molecule has 0 saturated heterocycles. The summed E-state index contributed by atoms with van der Waals surface area (Å²) in [5, 5.41) is 31.2. The molecule has 0 saturated carbocycles. The van der Waals surface area contributed by atoms with Crippen LogP contribution in [0.3, 0.4) is 0 Å². The summed E-state index contributed by atoms with van der Waals surface area (Å²) in [5.41, 5.74) is 4.37. The first-order chi connectivity index (χ1) is 23.4. The second-order valence-corrected chi connectivity index (χ2v) is 13.7. The van der Waals surface area contributed by atoms with Crippen molar-refractivity contribution in [2.24, 2.45) is 0 Å². The van der Waals surface area contributed by atoms with Gasteiger partial charge >= 0.3 is 6.03 Å². The number of carbonyl (C=O) groups is 2. The number of carbonyl (C=O) groups excluding carboxylic acids is 1. The van der Waals surface area contributed by atoms with Gasteiger partial charge in [-0.15, -0.1) is 10.2 Å². The first kappa shape index (κ1) is 35.1. The van der Waals surface area contributed by atoms with E-state index in [-0.39, 0.29) is 36.0 Å². The fourth-order valence-corrected chi connectivity index (χ4v) is 5.77. The number of carboxylic acid groups (broad SMARTS) is 1. The molecule has 14 nitrogen and oxygen atoms in total. The van der Waals surface area contributed by atoms with E-state index in [1.165, 1.54) is 0 Å². The Hall–Kier alpha value is -5.24. The molecular weight excluding hydrogens is 624 g/mol. The highest BCUT2D eigenvalue weighted by Crippen LogP contribution is 2.39. The number of amides is 2. The second kappa shape index (κ2) is 14.9. The zero-order valence-electron chi connectivity index (χ0n) is 29.2. The summed E-state index contributed by atoms with van der Waals surface area (Å²) in [5.74, 6) is 2.48. The van der Waals surface area contributed by atoms with Gasteiger partial charge < -0.3 is 20.1 Å². The van der Waals surface area contributed by atoms with Crippen LogP contribution in [-0.4, -0.2) is 77.3 Å². The van der Waals surface area contributed by atoms with Crippen LogP contribution < -0.4 is 15.4 Å². The number of nitrogens with zero attached hydrogens (tertiary/aromatic N) is 8. The lowest BCUT2D eigenvalue weighted by Crippen LogP contribution is -2.36. The molecule has 0 spiro atoms. The molecule has 49 heavy (non-hydrogen) atoms. The van der Waals surface area contributed by atoms with E-state index >= 15 is 0 Å². The van der Waals surface area contributed by atoms with Gasteiger partial charge in [-0.1, -0.05) is 58.9 Å².